The van der Waals surface area contributed by atoms with E-state index in [9.17, 15) is 18.9 Å². The van der Waals surface area contributed by atoms with E-state index in [1.807, 2.05) is 6.07 Å². The van der Waals surface area contributed by atoms with Gasteiger partial charge in [-0.1, -0.05) is 50.5 Å². The molecule has 3 aromatic rings. The molecule has 3 N–H and O–H groups in total. The number of para-hydroxylation sites is 1. The molecule has 2 unspecified atom stereocenters. The minimum absolute atomic E-state index is 0.0466. The number of nitrogens with one attached hydrogen (secondary N) is 3. The number of rotatable bonds is 14. The lowest BCUT2D eigenvalue weighted by Crippen LogP contribution is -2.36. The molecule has 4 rings (SSSR count). The molecule has 0 aliphatic carbocycles. The zero-order chi connectivity index (χ0) is 31.0. The van der Waals surface area contributed by atoms with E-state index in [-0.39, 0.29) is 24.0 Å². The molecule has 1 amide bonds. The largest absolute Gasteiger partial charge is 0.462 e. The Morgan fingerprint density at radius 1 is 0.884 bits per heavy atom. The predicted octanol–water partition coefficient (Wildman–Crippen LogP) is 7.85. The van der Waals surface area contributed by atoms with Crippen molar-refractivity contribution < 1.29 is 28.2 Å². The maximum atomic E-state index is 14.2. The van der Waals surface area contributed by atoms with Gasteiger partial charge in [0.05, 0.1) is 34.9 Å². The van der Waals surface area contributed by atoms with Gasteiger partial charge in [0.2, 0.25) is 0 Å². The molecule has 0 bridgehead atoms. The van der Waals surface area contributed by atoms with Gasteiger partial charge in [-0.05, 0) is 75.2 Å². The summed E-state index contributed by atoms with van der Waals surface area (Å²) in [7, 11) is -3.71. The maximum Gasteiger partial charge on any atom is 0.323 e. The highest BCUT2D eigenvalue weighted by molar-refractivity contribution is 7.56. The van der Waals surface area contributed by atoms with Gasteiger partial charge >= 0.3 is 13.5 Å². The van der Waals surface area contributed by atoms with Crippen LogP contribution in [-0.4, -0.2) is 29.8 Å². The number of ketones is 1. The number of fused-ring (bicyclic) bond motifs is 2. The number of ether oxygens (including phenoxy) is 1. The van der Waals surface area contributed by atoms with E-state index in [0.29, 0.717) is 45.9 Å². The number of hydrogen-bond donors (Lipinski definition) is 3. The Kier molecular flexibility index (Phi) is 10.8. The Bertz CT molecular complexity index is 1510. The molecule has 43 heavy (non-hydrogen) atoms. The van der Waals surface area contributed by atoms with Gasteiger partial charge in [-0.15, -0.1) is 0 Å². The standard InChI is InChI=1S/C33H40N3O6P/c1-5-6-7-11-14-31(37)25-16-18-29-30(20-25)35-32(38)27-19-24(15-17-28(27)34-29)21-43(40,42-26-12-9-8-10-13-26)36-23(4)33(39)41-22(2)3/h8-10,12-13,15-20,22-23,34H,5-7,11,14,21H2,1-4H3,(H,35,38)(H,36,40). The van der Waals surface area contributed by atoms with E-state index in [1.165, 1.54) is 0 Å². The van der Waals surface area contributed by atoms with Crippen LogP contribution in [-0.2, 0) is 20.3 Å². The summed E-state index contributed by atoms with van der Waals surface area (Å²) in [6.07, 6.45) is 4.11. The normalized spacial score (nSPS) is 14.3. The first-order valence-electron chi connectivity index (χ1n) is 14.8. The average Bonchev–Trinajstić information content (AvgIpc) is 3.10. The predicted molar refractivity (Wildman–Crippen MR) is 169 cm³/mol. The third-order valence-electron chi connectivity index (χ3n) is 6.93. The van der Waals surface area contributed by atoms with Gasteiger partial charge < -0.3 is 19.9 Å². The van der Waals surface area contributed by atoms with Gasteiger partial charge in [0, 0.05) is 12.0 Å². The van der Waals surface area contributed by atoms with Crippen LogP contribution in [0.15, 0.2) is 66.7 Å². The molecular weight excluding hydrogens is 565 g/mol. The quantitative estimate of drug-likeness (QED) is 0.0735. The molecule has 0 radical (unpaired) electrons. The highest BCUT2D eigenvalue weighted by Gasteiger charge is 2.32. The summed E-state index contributed by atoms with van der Waals surface area (Å²) in [6.45, 7) is 7.18. The first-order chi connectivity index (χ1) is 20.6. The van der Waals surface area contributed by atoms with Crippen molar-refractivity contribution >= 4 is 42.2 Å². The summed E-state index contributed by atoms with van der Waals surface area (Å²) in [4.78, 5) is 38.6. The summed E-state index contributed by atoms with van der Waals surface area (Å²) < 4.78 is 25.4. The lowest BCUT2D eigenvalue weighted by atomic mass is 10.0. The Morgan fingerprint density at radius 2 is 1.63 bits per heavy atom. The van der Waals surface area contributed by atoms with Gasteiger partial charge in [0.25, 0.3) is 5.91 Å². The van der Waals surface area contributed by atoms with E-state index >= 15 is 0 Å². The number of esters is 1. The number of carbonyl (C=O) groups is 3. The van der Waals surface area contributed by atoms with Crippen molar-refractivity contribution in [2.24, 2.45) is 0 Å². The smallest absolute Gasteiger partial charge is 0.323 e. The van der Waals surface area contributed by atoms with Crippen LogP contribution in [0.25, 0.3) is 0 Å². The first kappa shape index (κ1) is 32.0. The van der Waals surface area contributed by atoms with Gasteiger partial charge in [0.15, 0.2) is 5.78 Å². The highest BCUT2D eigenvalue weighted by Crippen LogP contribution is 2.47. The fourth-order valence-corrected chi connectivity index (χ4v) is 6.83. The summed E-state index contributed by atoms with van der Waals surface area (Å²) in [5.74, 6) is -0.487. The molecular formula is C33H40N3O6P. The van der Waals surface area contributed by atoms with Crippen LogP contribution >= 0.6 is 7.52 Å². The van der Waals surface area contributed by atoms with Crippen molar-refractivity contribution in [2.45, 2.75) is 78.1 Å². The third-order valence-corrected chi connectivity index (χ3v) is 9.00. The Morgan fingerprint density at radius 3 is 2.35 bits per heavy atom. The van der Waals surface area contributed by atoms with Crippen LogP contribution in [0.2, 0.25) is 0 Å². The molecule has 0 saturated carbocycles. The fourth-order valence-electron chi connectivity index (χ4n) is 4.79. The van der Waals surface area contributed by atoms with Crippen molar-refractivity contribution in [1.29, 1.82) is 0 Å². The third kappa shape index (κ3) is 8.78. The van der Waals surface area contributed by atoms with Gasteiger partial charge in [-0.25, -0.2) is 5.09 Å². The number of carbonyl (C=O) groups excluding carboxylic acids is 3. The number of Topliss-reactive ketones (excluding diaryl/α,β-unsaturated/α-hetero) is 1. The van der Waals surface area contributed by atoms with Crippen LogP contribution in [0.3, 0.4) is 0 Å². The summed E-state index contributed by atoms with van der Waals surface area (Å²) in [5, 5.41) is 9.06. The molecule has 2 atom stereocenters. The second kappa shape index (κ2) is 14.5. The average molecular weight is 606 g/mol. The SMILES string of the molecule is CCCCCCC(=O)c1ccc2c(c1)NC(=O)c1cc(CP(=O)(NC(C)C(=O)OC(C)C)Oc3ccccc3)ccc1N2. The molecule has 10 heteroatoms. The Hall–Kier alpha value is -3.94. The number of benzene rings is 3. The summed E-state index contributed by atoms with van der Waals surface area (Å²) >= 11 is 0. The summed E-state index contributed by atoms with van der Waals surface area (Å²) in [5.41, 5.74) is 3.22. The molecule has 0 fully saturated rings. The molecule has 0 spiro atoms. The van der Waals surface area contributed by atoms with Crippen molar-refractivity contribution in [2.75, 3.05) is 10.6 Å². The van der Waals surface area contributed by atoms with Crippen LogP contribution in [0.1, 0.15) is 86.1 Å². The van der Waals surface area contributed by atoms with E-state index in [0.717, 1.165) is 25.7 Å². The number of unbranched alkanes of at least 4 members (excludes halogenated alkanes) is 3. The van der Waals surface area contributed by atoms with Crippen LogP contribution in [0.5, 0.6) is 5.75 Å². The van der Waals surface area contributed by atoms with Crippen molar-refractivity contribution in [3.05, 3.63) is 83.4 Å². The minimum atomic E-state index is -3.71. The van der Waals surface area contributed by atoms with Gasteiger partial charge in [0.1, 0.15) is 11.8 Å². The zero-order valence-corrected chi connectivity index (χ0v) is 26.0. The van der Waals surface area contributed by atoms with E-state index < -0.39 is 19.5 Å². The Balaban J connectivity index is 1.55. The topological polar surface area (TPSA) is 123 Å². The zero-order valence-electron chi connectivity index (χ0n) is 25.1. The van der Waals surface area contributed by atoms with Crippen molar-refractivity contribution in [1.82, 2.24) is 5.09 Å². The fraction of sp³-hybridized carbons (Fsp3) is 0.364. The van der Waals surface area contributed by atoms with Crippen LogP contribution < -0.4 is 20.2 Å². The van der Waals surface area contributed by atoms with Crippen molar-refractivity contribution in [3.63, 3.8) is 0 Å². The van der Waals surface area contributed by atoms with Gasteiger partial charge in [-0.3, -0.25) is 18.9 Å². The molecule has 1 aliphatic heterocycles. The second-order valence-corrected chi connectivity index (χ2v) is 13.1. The number of hydrogen-bond acceptors (Lipinski definition) is 7. The molecule has 9 nitrogen and oxygen atoms in total. The van der Waals surface area contributed by atoms with Crippen LogP contribution in [0.4, 0.5) is 17.1 Å². The van der Waals surface area contributed by atoms with Crippen LogP contribution in [0, 0.1) is 0 Å². The van der Waals surface area contributed by atoms with Crippen molar-refractivity contribution in [3.8, 4) is 5.75 Å². The molecule has 0 saturated heterocycles. The molecule has 3 aromatic carbocycles. The summed E-state index contributed by atoms with van der Waals surface area (Å²) in [6, 6.07) is 18.2. The van der Waals surface area contributed by atoms with Gasteiger partial charge in [-0.2, -0.15) is 0 Å². The first-order valence-corrected chi connectivity index (χ1v) is 16.6. The van der Waals surface area contributed by atoms with E-state index in [2.05, 4.69) is 22.6 Å². The number of anilines is 3. The second-order valence-electron chi connectivity index (χ2n) is 11.0. The molecule has 1 aliphatic rings. The van der Waals surface area contributed by atoms with E-state index in [1.54, 1.807) is 81.4 Å². The molecule has 0 aromatic heterocycles. The Labute approximate surface area is 253 Å². The van der Waals surface area contributed by atoms with E-state index in [4.69, 9.17) is 9.26 Å². The lowest BCUT2D eigenvalue weighted by molar-refractivity contribution is -0.149. The molecule has 1 heterocycles. The minimum Gasteiger partial charge on any atom is -0.462 e. The highest BCUT2D eigenvalue weighted by atomic mass is 31.2. The maximum absolute atomic E-state index is 14.2. The monoisotopic (exact) mass is 605 g/mol. The molecule has 228 valence electrons. The number of amides is 1. The lowest BCUT2D eigenvalue weighted by Gasteiger charge is -2.24.